The first-order chi connectivity index (χ1) is 10.1. The molecule has 0 amide bonds. The van der Waals surface area contributed by atoms with Crippen LogP contribution in [0.1, 0.15) is 12.8 Å². The predicted octanol–water partition coefficient (Wildman–Crippen LogP) is 4.41. The number of rotatable bonds is 8. The van der Waals surface area contributed by atoms with Gasteiger partial charge in [-0.05, 0) is 0 Å². The summed E-state index contributed by atoms with van der Waals surface area (Å²) < 4.78 is 142. The Morgan fingerprint density at radius 1 is 0.696 bits per heavy atom. The van der Waals surface area contributed by atoms with Gasteiger partial charge >= 0.3 is 29.9 Å². The molecule has 0 saturated heterocycles. The summed E-state index contributed by atoms with van der Waals surface area (Å²) in [5.74, 6) is -27.7. The van der Waals surface area contributed by atoms with Crippen molar-refractivity contribution in [2.75, 3.05) is 13.2 Å². The molecule has 0 heterocycles. The molecular weight excluding hydrogens is 359 g/mol. The highest BCUT2D eigenvalue weighted by Gasteiger charge is 2.86. The summed E-state index contributed by atoms with van der Waals surface area (Å²) >= 11 is 0. The van der Waals surface area contributed by atoms with Gasteiger partial charge in [0.05, 0.1) is 25.7 Å². The van der Waals surface area contributed by atoms with E-state index in [-0.39, 0.29) is 6.42 Å². The Bertz CT molecular complexity index is 437. The molecule has 0 N–H and O–H groups in total. The number of hydrogen-bond donors (Lipinski definition) is 0. The summed E-state index contributed by atoms with van der Waals surface area (Å²) in [6, 6.07) is 1.45. The van der Waals surface area contributed by atoms with Gasteiger partial charge in [0.2, 0.25) is 0 Å². The van der Waals surface area contributed by atoms with Gasteiger partial charge in [-0.25, -0.2) is 0 Å². The first kappa shape index (κ1) is 21.7. The van der Waals surface area contributed by atoms with E-state index in [4.69, 9.17) is 5.26 Å². The summed E-state index contributed by atoms with van der Waals surface area (Å²) in [5.41, 5.74) is 0. The van der Waals surface area contributed by atoms with Crippen LogP contribution in [0.25, 0.3) is 0 Å². The van der Waals surface area contributed by atoms with Crippen molar-refractivity contribution >= 4 is 0 Å². The fraction of sp³-hybridized carbons (Fsp3) is 0.900. The molecule has 2 nitrogen and oxygen atoms in total. The quantitative estimate of drug-likeness (QED) is 0.470. The van der Waals surface area contributed by atoms with Crippen molar-refractivity contribution in [1.82, 2.24) is 0 Å². The molecular formula is C10H8F11NO. The average Bonchev–Trinajstić information content (AvgIpc) is 2.36. The topological polar surface area (TPSA) is 33.0 Å². The van der Waals surface area contributed by atoms with Gasteiger partial charge in [0.25, 0.3) is 0 Å². The van der Waals surface area contributed by atoms with Crippen molar-refractivity contribution in [2.45, 2.75) is 42.7 Å². The molecule has 0 fully saturated rings. The van der Waals surface area contributed by atoms with Gasteiger partial charge in [-0.1, -0.05) is 0 Å². The maximum Gasteiger partial charge on any atom is 0.460 e. The normalized spacial score (nSPS) is 14.7. The average molecular weight is 367 g/mol. The monoisotopic (exact) mass is 367 g/mol. The summed E-state index contributed by atoms with van der Waals surface area (Å²) in [6.07, 6.45) is -9.79. The molecule has 0 aliphatic carbocycles. The van der Waals surface area contributed by atoms with Gasteiger partial charge in [-0.2, -0.15) is 53.6 Å². The van der Waals surface area contributed by atoms with Crippen LogP contribution in [0.15, 0.2) is 0 Å². The third-order valence-corrected chi connectivity index (χ3v) is 2.52. The third-order valence-electron chi connectivity index (χ3n) is 2.52. The maximum atomic E-state index is 13.0. The molecule has 0 unspecified atom stereocenters. The zero-order valence-corrected chi connectivity index (χ0v) is 10.8. The summed E-state index contributed by atoms with van der Waals surface area (Å²) in [4.78, 5) is 0. The van der Waals surface area contributed by atoms with Crippen LogP contribution in [-0.4, -0.2) is 43.1 Å². The first-order valence-corrected chi connectivity index (χ1v) is 5.59. The molecule has 0 bridgehead atoms. The number of hydrogen-bond acceptors (Lipinski definition) is 2. The van der Waals surface area contributed by atoms with E-state index in [1.807, 2.05) is 0 Å². The number of nitriles is 1. The lowest BCUT2D eigenvalue weighted by atomic mass is 9.96. The lowest BCUT2D eigenvalue weighted by molar-refractivity contribution is -0.422. The highest BCUT2D eigenvalue weighted by atomic mass is 19.4. The van der Waals surface area contributed by atoms with Crippen molar-refractivity contribution in [3.63, 3.8) is 0 Å². The van der Waals surface area contributed by atoms with Gasteiger partial charge < -0.3 is 4.74 Å². The van der Waals surface area contributed by atoms with E-state index in [1.54, 1.807) is 0 Å². The van der Waals surface area contributed by atoms with Gasteiger partial charge in [0.15, 0.2) is 0 Å². The summed E-state index contributed by atoms with van der Waals surface area (Å²) in [7, 11) is 0. The molecule has 0 aromatic heterocycles. The van der Waals surface area contributed by atoms with Crippen LogP contribution in [0.4, 0.5) is 48.3 Å². The van der Waals surface area contributed by atoms with Crippen LogP contribution < -0.4 is 0 Å². The van der Waals surface area contributed by atoms with Gasteiger partial charge in [-0.15, -0.1) is 0 Å². The summed E-state index contributed by atoms with van der Waals surface area (Å²) in [6.45, 7) is -1.91. The fourth-order valence-corrected chi connectivity index (χ4v) is 1.18. The lowest BCUT2D eigenvalue weighted by Gasteiger charge is -2.37. The molecule has 0 saturated carbocycles. The van der Waals surface area contributed by atoms with E-state index in [9.17, 15) is 48.3 Å². The van der Waals surface area contributed by atoms with E-state index >= 15 is 0 Å². The second-order valence-corrected chi connectivity index (χ2v) is 4.20. The van der Waals surface area contributed by atoms with Crippen molar-refractivity contribution in [3.05, 3.63) is 0 Å². The number of nitrogens with zero attached hydrogens (tertiary/aromatic N) is 1. The lowest BCUT2D eigenvalue weighted by Crippen LogP contribution is -2.66. The number of alkyl halides is 11. The van der Waals surface area contributed by atoms with Gasteiger partial charge in [0.1, 0.15) is 0 Å². The Balaban J connectivity index is 5.30. The molecule has 0 rings (SSSR count). The van der Waals surface area contributed by atoms with E-state index in [0.717, 1.165) is 0 Å². The van der Waals surface area contributed by atoms with E-state index in [2.05, 4.69) is 4.74 Å². The minimum atomic E-state index is -7.39. The third kappa shape index (κ3) is 3.96. The van der Waals surface area contributed by atoms with Crippen LogP contribution in [0.5, 0.6) is 0 Å². The Kier molecular flexibility index (Phi) is 6.28. The van der Waals surface area contributed by atoms with E-state index in [0.29, 0.717) is 0 Å². The molecule has 0 aromatic rings. The van der Waals surface area contributed by atoms with Gasteiger partial charge in [0, 0.05) is 6.42 Å². The Hall–Kier alpha value is -1.32. The zero-order chi connectivity index (χ0) is 18.7. The van der Waals surface area contributed by atoms with Crippen LogP contribution in [0, 0.1) is 11.3 Å². The standard InChI is InChI=1S/C10H8F11NO/c11-6(12,2-5-23-4-1-3-22)7(13,14)8(15,16)9(17,18)10(19,20)21/h1-2,4-5H2. The molecule has 13 heteroatoms. The van der Waals surface area contributed by atoms with E-state index in [1.165, 1.54) is 6.07 Å². The molecule has 0 spiro atoms. The Labute approximate surface area is 121 Å². The first-order valence-electron chi connectivity index (χ1n) is 5.59. The van der Waals surface area contributed by atoms with Crippen molar-refractivity contribution in [2.24, 2.45) is 0 Å². The maximum absolute atomic E-state index is 13.0. The summed E-state index contributed by atoms with van der Waals surface area (Å²) in [5, 5.41) is 8.04. The largest absolute Gasteiger partial charge is 0.460 e. The Morgan fingerprint density at radius 3 is 1.57 bits per heavy atom. The molecule has 136 valence electrons. The molecule has 0 aromatic carbocycles. The molecule has 23 heavy (non-hydrogen) atoms. The SMILES string of the molecule is N#CCCOCCC(F)(F)C(F)(F)C(F)(F)C(F)(F)C(F)(F)F. The number of ether oxygens (including phenoxy) is 1. The van der Waals surface area contributed by atoms with E-state index < -0.39 is 49.5 Å². The van der Waals surface area contributed by atoms with Gasteiger partial charge in [-0.3, -0.25) is 0 Å². The van der Waals surface area contributed by atoms with Crippen LogP contribution in [0.2, 0.25) is 0 Å². The molecule has 0 atom stereocenters. The minimum absolute atomic E-state index is 0.371. The number of halogens is 11. The van der Waals surface area contributed by atoms with Crippen molar-refractivity contribution < 1.29 is 53.0 Å². The predicted molar refractivity (Wildman–Crippen MR) is 51.5 cm³/mol. The fourth-order valence-electron chi connectivity index (χ4n) is 1.18. The Morgan fingerprint density at radius 2 is 1.17 bits per heavy atom. The smallest absolute Gasteiger partial charge is 0.380 e. The minimum Gasteiger partial charge on any atom is -0.380 e. The molecule has 0 radical (unpaired) electrons. The van der Waals surface area contributed by atoms with Crippen LogP contribution >= 0.6 is 0 Å². The molecule has 0 aliphatic rings. The van der Waals surface area contributed by atoms with Crippen LogP contribution in [0.3, 0.4) is 0 Å². The highest BCUT2D eigenvalue weighted by molar-refractivity contribution is 5.06. The second kappa shape index (κ2) is 6.66. The molecule has 0 aliphatic heterocycles. The van der Waals surface area contributed by atoms with Crippen molar-refractivity contribution in [3.8, 4) is 6.07 Å². The highest BCUT2D eigenvalue weighted by Crippen LogP contribution is 2.57. The van der Waals surface area contributed by atoms with Crippen LogP contribution in [-0.2, 0) is 4.74 Å². The van der Waals surface area contributed by atoms with Crippen molar-refractivity contribution in [1.29, 1.82) is 5.26 Å². The second-order valence-electron chi connectivity index (χ2n) is 4.20. The zero-order valence-electron chi connectivity index (χ0n) is 10.8.